The van der Waals surface area contributed by atoms with Crippen LogP contribution < -0.4 is 4.72 Å². The molecule has 6 heteroatoms. The maximum atomic E-state index is 11.9. The van der Waals surface area contributed by atoms with Crippen molar-refractivity contribution in [1.82, 2.24) is 4.72 Å². The van der Waals surface area contributed by atoms with E-state index >= 15 is 0 Å². The molecule has 2 rings (SSSR count). The number of carbonyl (C=O) groups is 1. The van der Waals surface area contributed by atoms with Gasteiger partial charge in [0, 0.05) is 6.04 Å². The van der Waals surface area contributed by atoms with Crippen LogP contribution in [-0.4, -0.2) is 32.8 Å². The van der Waals surface area contributed by atoms with E-state index < -0.39 is 10.0 Å². The van der Waals surface area contributed by atoms with Crippen LogP contribution in [0.15, 0.2) is 0 Å². The minimum atomic E-state index is -3.16. The van der Waals surface area contributed by atoms with Gasteiger partial charge >= 0.3 is 5.97 Å². The molecule has 0 amide bonds. The third kappa shape index (κ3) is 2.85. The van der Waals surface area contributed by atoms with E-state index in [-0.39, 0.29) is 29.1 Å². The van der Waals surface area contributed by atoms with E-state index in [1.165, 1.54) is 7.11 Å². The van der Waals surface area contributed by atoms with Gasteiger partial charge in [0.25, 0.3) is 0 Å². The quantitative estimate of drug-likeness (QED) is 0.761. The van der Waals surface area contributed by atoms with Crippen LogP contribution in [0.25, 0.3) is 0 Å². The molecule has 2 fully saturated rings. The second-order valence-corrected chi connectivity index (χ2v) is 7.32. The zero-order valence-electron chi connectivity index (χ0n) is 10.9. The van der Waals surface area contributed by atoms with Gasteiger partial charge in [0.15, 0.2) is 0 Å². The van der Waals surface area contributed by atoms with Gasteiger partial charge in [0.1, 0.15) is 0 Å². The molecule has 0 radical (unpaired) electrons. The maximum Gasteiger partial charge on any atom is 0.308 e. The zero-order valence-corrected chi connectivity index (χ0v) is 11.7. The van der Waals surface area contributed by atoms with E-state index in [1.54, 1.807) is 0 Å². The van der Waals surface area contributed by atoms with E-state index in [9.17, 15) is 13.2 Å². The normalized spacial score (nSPS) is 32.4. The van der Waals surface area contributed by atoms with Crippen LogP contribution in [0.1, 0.15) is 39.0 Å². The first-order chi connectivity index (χ1) is 8.47. The van der Waals surface area contributed by atoms with Crippen molar-refractivity contribution in [2.75, 3.05) is 7.11 Å². The Hall–Kier alpha value is -0.620. The number of carbonyl (C=O) groups excluding carboxylic acids is 1. The second-order valence-electron chi connectivity index (χ2n) is 5.33. The molecule has 2 saturated carbocycles. The van der Waals surface area contributed by atoms with Gasteiger partial charge < -0.3 is 4.74 Å². The average Bonchev–Trinajstić information content (AvgIpc) is 3.11. The minimum Gasteiger partial charge on any atom is -0.469 e. The molecule has 0 aromatic carbocycles. The molecule has 0 spiro atoms. The Balaban J connectivity index is 1.98. The molecule has 5 nitrogen and oxygen atoms in total. The lowest BCUT2D eigenvalue weighted by atomic mass is 9.94. The molecule has 104 valence electrons. The van der Waals surface area contributed by atoms with Gasteiger partial charge in [0.05, 0.1) is 18.3 Å². The lowest BCUT2D eigenvalue weighted by molar-refractivity contribution is -0.146. The monoisotopic (exact) mass is 275 g/mol. The third-order valence-corrected chi connectivity index (χ3v) is 6.03. The first kappa shape index (κ1) is 13.8. The first-order valence-electron chi connectivity index (χ1n) is 6.57. The molecule has 18 heavy (non-hydrogen) atoms. The van der Waals surface area contributed by atoms with Crippen molar-refractivity contribution in [3.05, 3.63) is 0 Å². The van der Waals surface area contributed by atoms with Crippen molar-refractivity contribution in [3.63, 3.8) is 0 Å². The van der Waals surface area contributed by atoms with E-state index in [0.717, 1.165) is 25.7 Å². The Morgan fingerprint density at radius 3 is 2.50 bits per heavy atom. The summed E-state index contributed by atoms with van der Waals surface area (Å²) in [5.41, 5.74) is 0. The Labute approximate surface area is 108 Å². The first-order valence-corrected chi connectivity index (χ1v) is 8.11. The van der Waals surface area contributed by atoms with Crippen LogP contribution in [0.5, 0.6) is 0 Å². The molecule has 0 aliphatic heterocycles. The minimum absolute atomic E-state index is 0.107. The van der Waals surface area contributed by atoms with E-state index in [2.05, 4.69) is 4.72 Å². The fourth-order valence-corrected chi connectivity index (χ4v) is 4.43. The number of methoxy groups -OCH3 is 1. The molecule has 2 aliphatic rings. The van der Waals surface area contributed by atoms with Gasteiger partial charge in [-0.15, -0.1) is 0 Å². The third-order valence-electron chi connectivity index (χ3n) is 4.02. The number of hydrogen-bond donors (Lipinski definition) is 1. The van der Waals surface area contributed by atoms with Crippen molar-refractivity contribution in [2.24, 2.45) is 11.8 Å². The summed E-state index contributed by atoms with van der Waals surface area (Å²) in [6, 6.07) is -0.107. The largest absolute Gasteiger partial charge is 0.469 e. The van der Waals surface area contributed by atoms with Crippen molar-refractivity contribution in [3.8, 4) is 0 Å². The number of ether oxygens (including phenoxy) is 1. The topological polar surface area (TPSA) is 72.5 Å². The summed E-state index contributed by atoms with van der Waals surface area (Å²) < 4.78 is 31.3. The predicted molar refractivity (Wildman–Crippen MR) is 67.4 cm³/mol. The highest BCUT2D eigenvalue weighted by Crippen LogP contribution is 2.36. The van der Waals surface area contributed by atoms with Crippen LogP contribution in [-0.2, 0) is 19.6 Å². The van der Waals surface area contributed by atoms with Crippen LogP contribution in [0.3, 0.4) is 0 Å². The molecule has 0 aromatic heterocycles. The van der Waals surface area contributed by atoms with E-state index in [1.807, 2.05) is 6.92 Å². The van der Waals surface area contributed by atoms with Crippen molar-refractivity contribution < 1.29 is 17.9 Å². The molecule has 0 saturated heterocycles. The number of hydrogen-bond acceptors (Lipinski definition) is 4. The summed E-state index contributed by atoms with van der Waals surface area (Å²) in [5, 5.41) is -0.199. The maximum absolute atomic E-state index is 11.9. The van der Waals surface area contributed by atoms with Gasteiger partial charge in [0.2, 0.25) is 10.0 Å². The molecule has 1 N–H and O–H groups in total. The summed E-state index contributed by atoms with van der Waals surface area (Å²) in [6.07, 6.45) is 3.71. The van der Waals surface area contributed by atoms with Crippen LogP contribution in [0.4, 0.5) is 0 Å². The number of sulfonamides is 1. The molecule has 0 aromatic rings. The van der Waals surface area contributed by atoms with Crippen LogP contribution >= 0.6 is 0 Å². The van der Waals surface area contributed by atoms with E-state index in [0.29, 0.717) is 6.42 Å². The highest BCUT2D eigenvalue weighted by molar-refractivity contribution is 7.90. The van der Waals surface area contributed by atoms with Crippen LogP contribution in [0.2, 0.25) is 0 Å². The lowest BCUT2D eigenvalue weighted by Crippen LogP contribution is -2.35. The zero-order chi connectivity index (χ0) is 13.3. The average molecular weight is 275 g/mol. The van der Waals surface area contributed by atoms with Gasteiger partial charge in [-0.3, -0.25) is 4.79 Å². The molecule has 3 atom stereocenters. The highest BCUT2D eigenvalue weighted by atomic mass is 32.2. The lowest BCUT2D eigenvalue weighted by Gasteiger charge is -2.14. The van der Waals surface area contributed by atoms with Crippen LogP contribution in [0, 0.1) is 11.8 Å². The molecular formula is C12H21NO4S. The highest BCUT2D eigenvalue weighted by Gasteiger charge is 2.43. The molecule has 0 heterocycles. The van der Waals surface area contributed by atoms with Gasteiger partial charge in [-0.1, -0.05) is 13.3 Å². The Bertz CT molecular complexity index is 416. The fraction of sp³-hybridized carbons (Fsp3) is 0.917. The Kier molecular flexibility index (Phi) is 3.96. The van der Waals surface area contributed by atoms with Gasteiger partial charge in [-0.2, -0.15) is 0 Å². The Morgan fingerprint density at radius 1 is 1.33 bits per heavy atom. The predicted octanol–water partition coefficient (Wildman–Crippen LogP) is 1.05. The summed E-state index contributed by atoms with van der Waals surface area (Å²) in [7, 11) is -1.77. The molecule has 0 unspecified atom stereocenters. The standard InChI is InChI=1S/C12H21NO4S/c1-3-8-6-9(7-11(8)12(14)17-2)13-18(15,16)10-4-5-10/h8-11,13H,3-7H2,1-2H3/t8-,9+,11+/m1/s1. The summed E-state index contributed by atoms with van der Waals surface area (Å²) in [4.78, 5) is 11.6. The molecule has 2 aliphatic carbocycles. The second kappa shape index (κ2) is 5.17. The van der Waals surface area contributed by atoms with Gasteiger partial charge in [-0.05, 0) is 31.6 Å². The van der Waals surface area contributed by atoms with Crippen molar-refractivity contribution >= 4 is 16.0 Å². The van der Waals surface area contributed by atoms with Gasteiger partial charge in [-0.25, -0.2) is 13.1 Å². The van der Waals surface area contributed by atoms with Crippen molar-refractivity contribution in [1.29, 1.82) is 0 Å². The number of nitrogens with one attached hydrogen (secondary N) is 1. The summed E-state index contributed by atoms with van der Waals surface area (Å²) in [6.45, 7) is 2.03. The molecular weight excluding hydrogens is 254 g/mol. The van der Waals surface area contributed by atoms with E-state index in [4.69, 9.17) is 4.74 Å². The molecule has 0 bridgehead atoms. The summed E-state index contributed by atoms with van der Waals surface area (Å²) in [5.74, 6) is -0.147. The number of esters is 1. The smallest absolute Gasteiger partial charge is 0.308 e. The van der Waals surface area contributed by atoms with Crippen molar-refractivity contribution in [2.45, 2.75) is 50.3 Å². The summed E-state index contributed by atoms with van der Waals surface area (Å²) >= 11 is 0. The fourth-order valence-electron chi connectivity index (χ4n) is 2.82. The SMILES string of the molecule is CC[C@@H]1C[C@H](NS(=O)(=O)C2CC2)C[C@@H]1C(=O)OC. The Morgan fingerprint density at radius 2 is 2.00 bits per heavy atom. The number of rotatable bonds is 5.